The average molecular weight is 322 g/mol. The van der Waals surface area contributed by atoms with Gasteiger partial charge in [-0.15, -0.1) is 11.3 Å². The first-order chi connectivity index (χ1) is 10.3. The zero-order valence-electron chi connectivity index (χ0n) is 12.5. The molecule has 1 aliphatic rings. The lowest BCUT2D eigenvalue weighted by molar-refractivity contribution is 0.106. The molecule has 0 spiro atoms. The number of hydrogen-bond acceptors (Lipinski definition) is 5. The van der Waals surface area contributed by atoms with E-state index in [4.69, 9.17) is 10.7 Å². The maximum absolute atomic E-state index is 5.99. The van der Waals surface area contributed by atoms with Gasteiger partial charge in [-0.2, -0.15) is 11.3 Å². The minimum absolute atomic E-state index is 0.523. The molecule has 1 aliphatic heterocycles. The van der Waals surface area contributed by atoms with Crippen LogP contribution in [0.15, 0.2) is 22.2 Å². The van der Waals surface area contributed by atoms with Gasteiger partial charge in [0.15, 0.2) is 0 Å². The van der Waals surface area contributed by atoms with E-state index in [1.807, 2.05) is 0 Å². The number of thiazole rings is 1. The first kappa shape index (κ1) is 15.2. The Morgan fingerprint density at radius 2 is 2.33 bits per heavy atom. The minimum Gasteiger partial charge on any atom is -0.329 e. The highest BCUT2D eigenvalue weighted by atomic mass is 32.1. The molecule has 3 rings (SSSR count). The molecule has 0 saturated carbocycles. The Kier molecular flexibility index (Phi) is 5.06. The van der Waals surface area contributed by atoms with Gasteiger partial charge in [-0.05, 0) is 36.8 Å². The van der Waals surface area contributed by atoms with E-state index in [0.29, 0.717) is 6.04 Å². The van der Waals surface area contributed by atoms with Crippen LogP contribution in [0.5, 0.6) is 0 Å². The second kappa shape index (κ2) is 7.01. The Labute approximate surface area is 134 Å². The fraction of sp³-hybridized carbons (Fsp3) is 0.562. The van der Waals surface area contributed by atoms with Gasteiger partial charge in [0.2, 0.25) is 0 Å². The second-order valence-corrected chi connectivity index (χ2v) is 7.45. The van der Waals surface area contributed by atoms with Gasteiger partial charge in [0.1, 0.15) is 5.01 Å². The van der Waals surface area contributed by atoms with Gasteiger partial charge in [-0.3, -0.25) is 4.90 Å². The lowest BCUT2D eigenvalue weighted by Gasteiger charge is -2.38. The van der Waals surface area contributed by atoms with Gasteiger partial charge >= 0.3 is 0 Å². The van der Waals surface area contributed by atoms with Gasteiger partial charge in [-0.1, -0.05) is 13.3 Å². The van der Waals surface area contributed by atoms with E-state index < -0.39 is 0 Å². The van der Waals surface area contributed by atoms with Crippen molar-refractivity contribution < 1.29 is 0 Å². The van der Waals surface area contributed by atoms with E-state index in [0.717, 1.165) is 30.6 Å². The molecule has 1 fully saturated rings. The predicted molar refractivity (Wildman–Crippen MR) is 91.7 cm³/mol. The van der Waals surface area contributed by atoms with Crippen LogP contribution in [0.3, 0.4) is 0 Å². The third-order valence-corrected chi connectivity index (χ3v) is 6.10. The molecule has 3 nitrogen and oxygen atoms in total. The molecule has 5 heteroatoms. The zero-order valence-corrected chi connectivity index (χ0v) is 14.1. The number of nitrogens with two attached hydrogens (primary N) is 1. The standard InChI is InChI=1S/C16H23N3S2/c1-2-12-3-5-19(15(7-12)8-17)9-14-11-21-16(18-14)13-4-6-20-10-13/h4,6,10-12,15H,2-3,5,7-9,17H2,1H3. The molecule has 2 aromatic rings. The van der Waals surface area contributed by atoms with Crippen molar-refractivity contribution >= 4 is 22.7 Å². The normalized spacial score (nSPS) is 23.5. The highest BCUT2D eigenvalue weighted by Crippen LogP contribution is 2.29. The van der Waals surface area contributed by atoms with Crippen LogP contribution in [0, 0.1) is 5.92 Å². The monoisotopic (exact) mass is 321 g/mol. The number of hydrogen-bond donors (Lipinski definition) is 1. The third kappa shape index (κ3) is 3.54. The summed E-state index contributed by atoms with van der Waals surface area (Å²) < 4.78 is 0. The summed E-state index contributed by atoms with van der Waals surface area (Å²) in [5.41, 5.74) is 8.42. The van der Waals surface area contributed by atoms with Crippen LogP contribution in [0.25, 0.3) is 10.6 Å². The summed E-state index contributed by atoms with van der Waals surface area (Å²) in [6.45, 7) is 5.16. The van der Waals surface area contributed by atoms with Crippen molar-refractivity contribution in [2.45, 2.75) is 38.8 Å². The number of thiophene rings is 1. The molecular formula is C16H23N3S2. The lowest BCUT2D eigenvalue weighted by atomic mass is 9.89. The summed E-state index contributed by atoms with van der Waals surface area (Å²) in [6, 6.07) is 2.66. The van der Waals surface area contributed by atoms with Crippen LogP contribution in [-0.2, 0) is 6.54 Å². The number of likely N-dealkylation sites (tertiary alicyclic amines) is 1. The molecule has 2 aromatic heterocycles. The van der Waals surface area contributed by atoms with Crippen molar-refractivity contribution in [1.29, 1.82) is 0 Å². The van der Waals surface area contributed by atoms with Crippen molar-refractivity contribution in [3.63, 3.8) is 0 Å². The van der Waals surface area contributed by atoms with E-state index in [1.54, 1.807) is 22.7 Å². The van der Waals surface area contributed by atoms with E-state index in [-0.39, 0.29) is 0 Å². The minimum atomic E-state index is 0.523. The molecule has 1 saturated heterocycles. The van der Waals surface area contributed by atoms with Crippen LogP contribution in [-0.4, -0.2) is 29.0 Å². The molecule has 0 bridgehead atoms. The second-order valence-electron chi connectivity index (χ2n) is 5.81. The molecule has 0 amide bonds. The molecule has 0 radical (unpaired) electrons. The van der Waals surface area contributed by atoms with Gasteiger partial charge in [0.25, 0.3) is 0 Å². The Morgan fingerprint density at radius 1 is 1.43 bits per heavy atom. The number of piperidine rings is 1. The van der Waals surface area contributed by atoms with E-state index in [2.05, 4.69) is 34.0 Å². The van der Waals surface area contributed by atoms with Crippen LogP contribution in [0.4, 0.5) is 0 Å². The largest absolute Gasteiger partial charge is 0.329 e. The molecule has 3 heterocycles. The van der Waals surface area contributed by atoms with Crippen molar-refractivity contribution in [1.82, 2.24) is 9.88 Å². The first-order valence-corrected chi connectivity index (χ1v) is 9.53. The summed E-state index contributed by atoms with van der Waals surface area (Å²) in [6.07, 6.45) is 3.83. The highest BCUT2D eigenvalue weighted by molar-refractivity contribution is 7.14. The molecule has 0 aromatic carbocycles. The van der Waals surface area contributed by atoms with Crippen LogP contribution >= 0.6 is 22.7 Å². The van der Waals surface area contributed by atoms with Crippen molar-refractivity contribution in [3.05, 3.63) is 27.9 Å². The molecular weight excluding hydrogens is 298 g/mol. The van der Waals surface area contributed by atoms with Crippen LogP contribution < -0.4 is 5.73 Å². The predicted octanol–water partition coefficient (Wildman–Crippen LogP) is 3.82. The zero-order chi connectivity index (χ0) is 14.7. The molecule has 2 N–H and O–H groups in total. The topological polar surface area (TPSA) is 42.2 Å². The summed E-state index contributed by atoms with van der Waals surface area (Å²) in [4.78, 5) is 7.32. The summed E-state index contributed by atoms with van der Waals surface area (Å²) >= 11 is 3.47. The third-order valence-electron chi connectivity index (χ3n) is 4.48. The smallest absolute Gasteiger partial charge is 0.124 e. The maximum Gasteiger partial charge on any atom is 0.124 e. The fourth-order valence-corrected chi connectivity index (χ4v) is 4.64. The van der Waals surface area contributed by atoms with Gasteiger partial charge in [0.05, 0.1) is 5.69 Å². The SMILES string of the molecule is CCC1CCN(Cc2csc(-c3ccsc3)n2)C(CN)C1. The summed E-state index contributed by atoms with van der Waals surface area (Å²) in [5, 5.41) is 7.61. The van der Waals surface area contributed by atoms with Gasteiger partial charge < -0.3 is 5.73 Å². The van der Waals surface area contributed by atoms with Crippen molar-refractivity contribution in [2.24, 2.45) is 11.7 Å². The Morgan fingerprint density at radius 3 is 3.05 bits per heavy atom. The summed E-state index contributed by atoms with van der Waals surface area (Å²) in [5.74, 6) is 0.853. The molecule has 21 heavy (non-hydrogen) atoms. The molecule has 2 atom stereocenters. The van der Waals surface area contributed by atoms with Crippen molar-refractivity contribution in [3.8, 4) is 10.6 Å². The molecule has 0 aliphatic carbocycles. The summed E-state index contributed by atoms with van der Waals surface area (Å²) in [7, 11) is 0. The van der Waals surface area contributed by atoms with Crippen molar-refractivity contribution in [2.75, 3.05) is 13.1 Å². The van der Waals surface area contributed by atoms with E-state index in [1.165, 1.54) is 30.5 Å². The highest BCUT2D eigenvalue weighted by Gasteiger charge is 2.27. The number of nitrogens with zero attached hydrogens (tertiary/aromatic N) is 2. The van der Waals surface area contributed by atoms with E-state index in [9.17, 15) is 0 Å². The quantitative estimate of drug-likeness (QED) is 0.910. The van der Waals surface area contributed by atoms with Crippen LogP contribution in [0.2, 0.25) is 0 Å². The maximum atomic E-state index is 5.99. The molecule has 2 unspecified atom stereocenters. The Hall–Kier alpha value is -0.750. The number of aromatic nitrogens is 1. The molecule has 114 valence electrons. The van der Waals surface area contributed by atoms with Gasteiger partial charge in [-0.25, -0.2) is 4.98 Å². The lowest BCUT2D eigenvalue weighted by Crippen LogP contribution is -2.46. The average Bonchev–Trinajstić information content (AvgIpc) is 3.18. The Balaban J connectivity index is 1.66. The van der Waals surface area contributed by atoms with Gasteiger partial charge in [0, 0.05) is 35.5 Å². The fourth-order valence-electron chi connectivity index (χ4n) is 3.11. The van der Waals surface area contributed by atoms with Crippen LogP contribution in [0.1, 0.15) is 31.9 Å². The van der Waals surface area contributed by atoms with E-state index >= 15 is 0 Å². The number of rotatable bonds is 5. The first-order valence-electron chi connectivity index (χ1n) is 7.71. The Bertz CT molecular complexity index is 550.